The molecule has 4 heterocycles. The van der Waals surface area contributed by atoms with E-state index in [9.17, 15) is 0 Å². The van der Waals surface area contributed by atoms with Crippen LogP contribution in [0.2, 0.25) is 0 Å². The SMILES string of the molecule is Brc1ccc2[nH]cc([C@@H]3CNC[C@H]3c3cn4c5c(cccc35)CCC4)c2c1. The molecule has 4 aromatic rings. The van der Waals surface area contributed by atoms with E-state index in [1.807, 2.05) is 0 Å². The van der Waals surface area contributed by atoms with Crippen LogP contribution < -0.4 is 5.32 Å². The van der Waals surface area contributed by atoms with Crippen LogP contribution in [0.1, 0.15) is 34.9 Å². The van der Waals surface area contributed by atoms with E-state index < -0.39 is 0 Å². The van der Waals surface area contributed by atoms with Crippen molar-refractivity contribution >= 4 is 37.7 Å². The second kappa shape index (κ2) is 5.98. The molecule has 0 aliphatic carbocycles. The molecular formula is C23H22BrN3. The highest BCUT2D eigenvalue weighted by Crippen LogP contribution is 2.43. The molecule has 0 unspecified atom stereocenters. The number of rotatable bonds is 2. The standard InChI is InChI=1S/C23H22BrN3/c24-15-6-7-22-17(9-15)20(12-26-22)18-10-25-11-19(18)21-13-27-8-2-4-14-3-1-5-16(21)23(14)27/h1,3,5-7,9,12-13,18-19,25-26H,2,4,8,10-11H2/t18-,19-/m1/s1. The normalized spacial score (nSPS) is 22.1. The van der Waals surface area contributed by atoms with Gasteiger partial charge in [0.1, 0.15) is 0 Å². The Morgan fingerprint density at radius 1 is 1.00 bits per heavy atom. The molecular weight excluding hydrogens is 398 g/mol. The Balaban J connectivity index is 1.51. The second-order valence-electron chi connectivity index (χ2n) is 8.00. The van der Waals surface area contributed by atoms with E-state index in [0.29, 0.717) is 11.8 Å². The van der Waals surface area contributed by atoms with E-state index in [2.05, 4.69) is 79.6 Å². The zero-order chi connectivity index (χ0) is 18.0. The van der Waals surface area contributed by atoms with Crippen LogP contribution in [-0.4, -0.2) is 22.6 Å². The molecule has 0 bridgehead atoms. The van der Waals surface area contributed by atoms with Gasteiger partial charge in [-0.3, -0.25) is 0 Å². The first kappa shape index (κ1) is 16.0. The van der Waals surface area contributed by atoms with Gasteiger partial charge in [0.15, 0.2) is 0 Å². The average Bonchev–Trinajstić information content (AvgIpc) is 3.39. The van der Waals surface area contributed by atoms with E-state index in [1.165, 1.54) is 51.3 Å². The number of para-hydroxylation sites is 1. The highest BCUT2D eigenvalue weighted by atomic mass is 79.9. The third-order valence-corrected chi connectivity index (χ3v) is 7.04. The lowest BCUT2D eigenvalue weighted by Gasteiger charge is -2.18. The number of hydrogen-bond acceptors (Lipinski definition) is 1. The van der Waals surface area contributed by atoms with Gasteiger partial charge in [-0.15, -0.1) is 0 Å². The first-order valence-electron chi connectivity index (χ1n) is 9.87. The van der Waals surface area contributed by atoms with Crippen molar-refractivity contribution in [3.05, 3.63) is 70.0 Å². The van der Waals surface area contributed by atoms with E-state index in [4.69, 9.17) is 0 Å². The van der Waals surface area contributed by atoms with Crippen LogP contribution in [-0.2, 0) is 13.0 Å². The average molecular weight is 420 g/mol. The molecule has 1 fully saturated rings. The number of hydrogen-bond donors (Lipinski definition) is 2. The molecule has 2 N–H and O–H groups in total. The van der Waals surface area contributed by atoms with Gasteiger partial charge in [-0.05, 0) is 47.7 Å². The number of fused-ring (bicyclic) bond motifs is 1. The number of aromatic nitrogens is 2. The number of nitrogens with zero attached hydrogens (tertiary/aromatic N) is 1. The summed E-state index contributed by atoms with van der Waals surface area (Å²) in [5.74, 6) is 1.01. The van der Waals surface area contributed by atoms with Gasteiger partial charge in [0.25, 0.3) is 0 Å². The lowest BCUT2D eigenvalue weighted by molar-refractivity contribution is 0.626. The summed E-state index contributed by atoms with van der Waals surface area (Å²) < 4.78 is 3.65. The molecule has 0 spiro atoms. The Labute approximate surface area is 166 Å². The lowest BCUT2D eigenvalue weighted by Crippen LogP contribution is -2.08. The third kappa shape index (κ3) is 2.36. The van der Waals surface area contributed by atoms with E-state index in [0.717, 1.165) is 24.1 Å². The summed E-state index contributed by atoms with van der Waals surface area (Å²) in [6, 6.07) is 13.4. The maximum absolute atomic E-state index is 3.68. The molecule has 0 amide bonds. The summed E-state index contributed by atoms with van der Waals surface area (Å²) in [4.78, 5) is 3.48. The van der Waals surface area contributed by atoms with Crippen molar-refractivity contribution in [1.82, 2.24) is 14.9 Å². The van der Waals surface area contributed by atoms with Gasteiger partial charge in [0.05, 0.1) is 5.52 Å². The summed E-state index contributed by atoms with van der Waals surface area (Å²) in [5.41, 5.74) is 7.18. The molecule has 3 nitrogen and oxygen atoms in total. The fourth-order valence-electron chi connectivity index (χ4n) is 5.33. The highest BCUT2D eigenvalue weighted by molar-refractivity contribution is 9.10. The Hall–Kier alpha value is -2.04. The number of H-pyrrole nitrogens is 1. The second-order valence-corrected chi connectivity index (χ2v) is 8.92. The van der Waals surface area contributed by atoms with Crippen LogP contribution in [0.3, 0.4) is 0 Å². The Kier molecular flexibility index (Phi) is 3.54. The van der Waals surface area contributed by atoms with Crippen LogP contribution in [0.25, 0.3) is 21.8 Å². The molecule has 6 rings (SSSR count). The fourth-order valence-corrected chi connectivity index (χ4v) is 5.69. The number of nitrogens with one attached hydrogen (secondary N) is 2. The molecule has 4 heteroatoms. The molecule has 1 saturated heterocycles. The van der Waals surface area contributed by atoms with Crippen molar-refractivity contribution in [2.75, 3.05) is 13.1 Å². The minimum Gasteiger partial charge on any atom is -0.361 e. The molecule has 136 valence electrons. The van der Waals surface area contributed by atoms with Gasteiger partial charge in [-0.1, -0.05) is 34.1 Å². The molecule has 2 aliphatic rings. The number of benzene rings is 2. The molecule has 2 atom stereocenters. The van der Waals surface area contributed by atoms with Crippen molar-refractivity contribution in [3.63, 3.8) is 0 Å². The van der Waals surface area contributed by atoms with Crippen LogP contribution in [0.4, 0.5) is 0 Å². The molecule has 2 aromatic heterocycles. The smallest absolute Gasteiger partial charge is 0.0515 e. The van der Waals surface area contributed by atoms with E-state index in [1.54, 1.807) is 0 Å². The summed E-state index contributed by atoms with van der Waals surface area (Å²) in [5, 5.41) is 6.48. The first-order valence-corrected chi connectivity index (χ1v) is 10.7. The minimum absolute atomic E-state index is 0.497. The van der Waals surface area contributed by atoms with Crippen molar-refractivity contribution in [2.45, 2.75) is 31.2 Å². The Bertz CT molecular complexity index is 1170. The predicted molar refractivity (Wildman–Crippen MR) is 115 cm³/mol. The van der Waals surface area contributed by atoms with Gasteiger partial charge in [0, 0.05) is 64.6 Å². The van der Waals surface area contributed by atoms with E-state index >= 15 is 0 Å². The van der Waals surface area contributed by atoms with Crippen LogP contribution in [0.5, 0.6) is 0 Å². The Morgan fingerprint density at radius 2 is 1.89 bits per heavy atom. The maximum Gasteiger partial charge on any atom is 0.0515 e. The van der Waals surface area contributed by atoms with Crippen LogP contribution in [0, 0.1) is 0 Å². The van der Waals surface area contributed by atoms with E-state index in [-0.39, 0.29) is 0 Å². The van der Waals surface area contributed by atoms with Gasteiger partial charge >= 0.3 is 0 Å². The topological polar surface area (TPSA) is 32.8 Å². The molecule has 2 aliphatic heterocycles. The monoisotopic (exact) mass is 419 g/mol. The summed E-state index contributed by atoms with van der Waals surface area (Å²) >= 11 is 3.65. The quantitative estimate of drug-likeness (QED) is 0.453. The predicted octanol–water partition coefficient (Wildman–Crippen LogP) is 5.30. The fraction of sp³-hybridized carbons (Fsp3) is 0.304. The maximum atomic E-state index is 3.68. The third-order valence-electron chi connectivity index (χ3n) is 6.55. The van der Waals surface area contributed by atoms with Crippen molar-refractivity contribution in [3.8, 4) is 0 Å². The zero-order valence-electron chi connectivity index (χ0n) is 15.1. The molecule has 0 saturated carbocycles. The largest absolute Gasteiger partial charge is 0.361 e. The van der Waals surface area contributed by atoms with Gasteiger partial charge in [-0.25, -0.2) is 0 Å². The highest BCUT2D eigenvalue weighted by Gasteiger charge is 2.34. The van der Waals surface area contributed by atoms with Gasteiger partial charge in [-0.2, -0.15) is 0 Å². The summed E-state index contributed by atoms with van der Waals surface area (Å²) in [6.07, 6.45) is 7.14. The molecule has 2 aromatic carbocycles. The van der Waals surface area contributed by atoms with Crippen molar-refractivity contribution < 1.29 is 0 Å². The zero-order valence-corrected chi connectivity index (χ0v) is 16.7. The number of halogens is 1. The van der Waals surface area contributed by atoms with Gasteiger partial charge < -0.3 is 14.9 Å². The number of aromatic amines is 1. The van der Waals surface area contributed by atoms with Crippen molar-refractivity contribution in [1.29, 1.82) is 0 Å². The lowest BCUT2D eigenvalue weighted by atomic mass is 9.83. The minimum atomic E-state index is 0.497. The molecule has 0 radical (unpaired) electrons. The summed E-state index contributed by atoms with van der Waals surface area (Å²) in [6.45, 7) is 3.24. The van der Waals surface area contributed by atoms with Crippen molar-refractivity contribution in [2.24, 2.45) is 0 Å². The van der Waals surface area contributed by atoms with Gasteiger partial charge in [0.2, 0.25) is 0 Å². The van der Waals surface area contributed by atoms with Crippen LogP contribution >= 0.6 is 15.9 Å². The molecule has 27 heavy (non-hydrogen) atoms. The summed E-state index contributed by atoms with van der Waals surface area (Å²) in [7, 11) is 0. The first-order chi connectivity index (χ1) is 13.3. The Morgan fingerprint density at radius 3 is 2.81 bits per heavy atom. The number of aryl methyl sites for hydroxylation is 2. The van der Waals surface area contributed by atoms with Crippen LogP contribution in [0.15, 0.2) is 53.3 Å².